The average Bonchev–Trinajstić information content (AvgIpc) is 2.97. The number of fused-ring (bicyclic) bond motifs is 2. The van der Waals surface area contributed by atoms with E-state index in [1.807, 2.05) is 30.3 Å². The van der Waals surface area contributed by atoms with Crippen molar-refractivity contribution in [3.05, 3.63) is 36.4 Å². The van der Waals surface area contributed by atoms with Crippen LogP contribution in [0.1, 0.15) is 6.92 Å². The lowest BCUT2D eigenvalue weighted by Gasteiger charge is -2.08. The number of benzene rings is 2. The first-order valence-corrected chi connectivity index (χ1v) is 7.42. The van der Waals surface area contributed by atoms with Crippen molar-refractivity contribution in [2.24, 2.45) is 0 Å². The van der Waals surface area contributed by atoms with E-state index in [1.54, 1.807) is 17.8 Å². The maximum absolute atomic E-state index is 10.3. The Morgan fingerprint density at radius 2 is 1.95 bits per heavy atom. The molecule has 2 heterocycles. The van der Waals surface area contributed by atoms with Crippen LogP contribution in [0, 0.1) is 0 Å². The number of rotatable bonds is 1. The van der Waals surface area contributed by atoms with Gasteiger partial charge in [0.2, 0.25) is 0 Å². The summed E-state index contributed by atoms with van der Waals surface area (Å²) < 4.78 is 2.08. The summed E-state index contributed by atoms with van der Waals surface area (Å²) in [6, 6.07) is 11.8. The van der Waals surface area contributed by atoms with Crippen LogP contribution in [0.3, 0.4) is 0 Å². The molecular weight excluding hydrogens is 270 g/mol. The molecule has 0 fully saturated rings. The predicted octanol–water partition coefficient (Wildman–Crippen LogP) is 3.30. The summed E-state index contributed by atoms with van der Waals surface area (Å²) in [6.45, 7) is 3.05. The van der Waals surface area contributed by atoms with Crippen molar-refractivity contribution in [3.8, 4) is 17.1 Å². The number of phenolic OH excluding ortho intramolecular Hbond substituents is 1. The van der Waals surface area contributed by atoms with E-state index in [0.717, 1.165) is 33.9 Å². The van der Waals surface area contributed by atoms with E-state index in [4.69, 9.17) is 0 Å². The summed E-state index contributed by atoms with van der Waals surface area (Å²) >= 11 is 1.72. The lowest BCUT2D eigenvalue weighted by atomic mass is 10.1. The van der Waals surface area contributed by atoms with Crippen molar-refractivity contribution in [1.29, 1.82) is 0 Å². The van der Waals surface area contributed by atoms with Gasteiger partial charge in [0.1, 0.15) is 5.75 Å². The van der Waals surface area contributed by atoms with Gasteiger partial charge >= 0.3 is 0 Å². The second-order valence-corrected chi connectivity index (χ2v) is 6.47. The third-order valence-electron chi connectivity index (χ3n) is 3.57. The van der Waals surface area contributed by atoms with Crippen molar-refractivity contribution in [2.45, 2.75) is 23.9 Å². The Labute approximate surface area is 120 Å². The highest BCUT2D eigenvalue weighted by atomic mass is 32.2. The molecule has 1 aromatic heterocycles. The summed E-state index contributed by atoms with van der Waals surface area (Å²) in [4.78, 5) is 0. The van der Waals surface area contributed by atoms with E-state index in [-0.39, 0.29) is 5.75 Å². The van der Waals surface area contributed by atoms with Crippen LogP contribution in [0.5, 0.6) is 5.75 Å². The lowest BCUT2D eigenvalue weighted by Crippen LogP contribution is -2.03. The fourth-order valence-electron chi connectivity index (χ4n) is 2.62. The van der Waals surface area contributed by atoms with E-state index in [2.05, 4.69) is 21.7 Å². The van der Waals surface area contributed by atoms with E-state index in [9.17, 15) is 5.11 Å². The molecule has 1 atom stereocenters. The highest BCUT2D eigenvalue weighted by molar-refractivity contribution is 7.99. The molecule has 0 spiro atoms. The second kappa shape index (κ2) is 4.24. The number of nitrogens with zero attached hydrogens (tertiary/aromatic N) is 3. The van der Waals surface area contributed by atoms with Gasteiger partial charge in [-0.25, -0.2) is 0 Å². The van der Waals surface area contributed by atoms with Crippen molar-refractivity contribution < 1.29 is 5.11 Å². The van der Waals surface area contributed by atoms with E-state index in [1.165, 1.54) is 0 Å². The minimum atomic E-state index is 0.253. The van der Waals surface area contributed by atoms with Gasteiger partial charge in [0.15, 0.2) is 11.0 Å². The molecule has 4 rings (SSSR count). The van der Waals surface area contributed by atoms with Gasteiger partial charge in [0, 0.05) is 11.8 Å². The van der Waals surface area contributed by atoms with Gasteiger partial charge in [-0.15, -0.1) is 10.2 Å². The Hall–Kier alpha value is -2.01. The van der Waals surface area contributed by atoms with Gasteiger partial charge in [-0.2, -0.15) is 0 Å². The largest absolute Gasteiger partial charge is 0.507 e. The first-order valence-electron chi connectivity index (χ1n) is 6.54. The number of phenols is 1. The SMILES string of the molecule is C[C@H]1Cn2c(nnc2-c2cc3ccccc3cc2O)S1. The summed E-state index contributed by atoms with van der Waals surface area (Å²) in [5, 5.41) is 22.3. The highest BCUT2D eigenvalue weighted by Crippen LogP contribution is 2.38. The highest BCUT2D eigenvalue weighted by Gasteiger charge is 2.25. The van der Waals surface area contributed by atoms with E-state index >= 15 is 0 Å². The summed E-state index contributed by atoms with van der Waals surface area (Å²) in [5.74, 6) is 1.00. The topological polar surface area (TPSA) is 50.9 Å². The van der Waals surface area contributed by atoms with Gasteiger partial charge in [0.25, 0.3) is 0 Å². The fourth-order valence-corrected chi connectivity index (χ4v) is 3.58. The number of hydrogen-bond acceptors (Lipinski definition) is 4. The summed E-state index contributed by atoms with van der Waals surface area (Å²) in [7, 11) is 0. The van der Waals surface area contributed by atoms with Crippen molar-refractivity contribution in [3.63, 3.8) is 0 Å². The minimum absolute atomic E-state index is 0.253. The Balaban J connectivity index is 1.93. The second-order valence-electron chi connectivity index (χ2n) is 5.06. The van der Waals surface area contributed by atoms with E-state index < -0.39 is 0 Å². The van der Waals surface area contributed by atoms with Crippen LogP contribution in [0.4, 0.5) is 0 Å². The standard InChI is InChI=1S/C15H13N3OS/c1-9-8-18-14(16-17-15(18)20-9)12-6-10-4-2-3-5-11(10)7-13(12)19/h2-7,9,19H,8H2,1H3/t9-/m0/s1. The van der Waals surface area contributed by atoms with Crippen molar-refractivity contribution in [1.82, 2.24) is 14.8 Å². The molecule has 1 N–H and O–H groups in total. The molecular formula is C15H13N3OS. The fraction of sp³-hybridized carbons (Fsp3) is 0.200. The van der Waals surface area contributed by atoms with Gasteiger partial charge < -0.3 is 9.67 Å². The van der Waals surface area contributed by atoms with Crippen LogP contribution in [0.15, 0.2) is 41.6 Å². The predicted molar refractivity (Wildman–Crippen MR) is 79.9 cm³/mol. The first-order chi connectivity index (χ1) is 9.72. The third-order valence-corrected chi connectivity index (χ3v) is 4.63. The molecule has 1 aliphatic heterocycles. The molecule has 1 aliphatic rings. The van der Waals surface area contributed by atoms with Gasteiger partial charge in [0.05, 0.1) is 5.56 Å². The quantitative estimate of drug-likeness (QED) is 0.744. The molecule has 0 radical (unpaired) electrons. The number of aromatic hydroxyl groups is 1. The van der Waals surface area contributed by atoms with Gasteiger partial charge in [-0.1, -0.05) is 43.0 Å². The van der Waals surface area contributed by atoms with Crippen molar-refractivity contribution >= 4 is 22.5 Å². The Bertz CT molecular complexity index is 812. The molecule has 0 unspecified atom stereocenters. The monoisotopic (exact) mass is 283 g/mol. The van der Waals surface area contributed by atoms with Crippen LogP contribution in [0.25, 0.3) is 22.2 Å². The van der Waals surface area contributed by atoms with Gasteiger partial charge in [-0.05, 0) is 22.9 Å². The lowest BCUT2D eigenvalue weighted by molar-refractivity contribution is 0.477. The smallest absolute Gasteiger partial charge is 0.191 e. The van der Waals surface area contributed by atoms with Crippen LogP contribution >= 0.6 is 11.8 Å². The number of aromatic nitrogens is 3. The van der Waals surface area contributed by atoms with Gasteiger partial charge in [-0.3, -0.25) is 0 Å². The van der Waals surface area contributed by atoms with E-state index in [0.29, 0.717) is 5.25 Å². The summed E-state index contributed by atoms with van der Waals surface area (Å²) in [5.41, 5.74) is 0.747. The van der Waals surface area contributed by atoms with Crippen LogP contribution < -0.4 is 0 Å². The van der Waals surface area contributed by atoms with Crippen molar-refractivity contribution in [2.75, 3.05) is 0 Å². The average molecular weight is 283 g/mol. The Kier molecular flexibility index (Phi) is 2.50. The minimum Gasteiger partial charge on any atom is -0.507 e. The maximum Gasteiger partial charge on any atom is 0.191 e. The zero-order valence-corrected chi connectivity index (χ0v) is 11.8. The third kappa shape index (κ3) is 1.70. The molecule has 2 aromatic carbocycles. The zero-order chi connectivity index (χ0) is 13.7. The molecule has 3 aromatic rings. The first kappa shape index (κ1) is 11.8. The molecule has 0 saturated carbocycles. The molecule has 0 aliphatic carbocycles. The number of hydrogen-bond donors (Lipinski definition) is 1. The number of thioether (sulfide) groups is 1. The molecule has 20 heavy (non-hydrogen) atoms. The molecule has 0 bridgehead atoms. The maximum atomic E-state index is 10.3. The molecule has 0 saturated heterocycles. The van der Waals surface area contributed by atoms with Crippen LogP contribution in [0.2, 0.25) is 0 Å². The normalized spacial score (nSPS) is 17.6. The molecule has 0 amide bonds. The molecule has 5 heteroatoms. The van der Waals surface area contributed by atoms with Crippen LogP contribution in [-0.4, -0.2) is 25.1 Å². The van der Waals surface area contributed by atoms with Crippen LogP contribution in [-0.2, 0) is 6.54 Å². The Morgan fingerprint density at radius 1 is 1.20 bits per heavy atom. The Morgan fingerprint density at radius 3 is 2.75 bits per heavy atom. The zero-order valence-electron chi connectivity index (χ0n) is 10.9. The summed E-state index contributed by atoms with van der Waals surface area (Å²) in [6.07, 6.45) is 0. The molecule has 100 valence electrons. The molecule has 4 nitrogen and oxygen atoms in total.